The fourth-order valence-electron chi connectivity index (χ4n) is 2.74. The van der Waals surface area contributed by atoms with Crippen LogP contribution in [0.25, 0.3) is 0 Å². The molecule has 168 valence electrons. The lowest BCUT2D eigenvalue weighted by Gasteiger charge is -2.13. The molecule has 6 nitrogen and oxygen atoms in total. The minimum Gasteiger partial charge on any atom is -0.493 e. The molecule has 0 aliphatic heterocycles. The predicted molar refractivity (Wildman–Crippen MR) is 115 cm³/mol. The van der Waals surface area contributed by atoms with Crippen LogP contribution in [-0.2, 0) is 6.18 Å². The lowest BCUT2D eigenvalue weighted by Crippen LogP contribution is -2.19. The second-order valence-electron chi connectivity index (χ2n) is 6.41. The van der Waals surface area contributed by atoms with Gasteiger partial charge >= 0.3 is 12.2 Å². The largest absolute Gasteiger partial charge is 0.493 e. The van der Waals surface area contributed by atoms with E-state index < -0.39 is 22.8 Å². The SMILES string of the molecule is COc1ccc(Oc2ccc(NC(=O)Nc3ccc(Cl)c(C(F)(F)F)c3)cc2)cc1OC. The molecule has 0 saturated heterocycles. The Morgan fingerprint density at radius 1 is 0.812 bits per heavy atom. The Morgan fingerprint density at radius 2 is 1.41 bits per heavy atom. The summed E-state index contributed by atoms with van der Waals surface area (Å²) < 4.78 is 55.0. The van der Waals surface area contributed by atoms with E-state index >= 15 is 0 Å². The van der Waals surface area contributed by atoms with Gasteiger partial charge in [-0.25, -0.2) is 4.79 Å². The zero-order valence-electron chi connectivity index (χ0n) is 16.9. The Balaban J connectivity index is 1.63. The second kappa shape index (κ2) is 9.69. The fourth-order valence-corrected chi connectivity index (χ4v) is 2.96. The Labute approximate surface area is 186 Å². The van der Waals surface area contributed by atoms with Gasteiger partial charge in [0.05, 0.1) is 24.8 Å². The van der Waals surface area contributed by atoms with E-state index in [0.717, 1.165) is 12.1 Å². The second-order valence-corrected chi connectivity index (χ2v) is 6.82. The molecule has 0 heterocycles. The molecule has 2 amide bonds. The number of hydrogen-bond donors (Lipinski definition) is 2. The predicted octanol–water partition coefficient (Wildman–Crippen LogP) is 6.81. The molecular weight excluding hydrogens is 449 g/mol. The van der Waals surface area contributed by atoms with Gasteiger partial charge in [-0.3, -0.25) is 0 Å². The topological polar surface area (TPSA) is 68.8 Å². The van der Waals surface area contributed by atoms with Crippen LogP contribution in [0.4, 0.5) is 29.3 Å². The van der Waals surface area contributed by atoms with Gasteiger partial charge in [-0.2, -0.15) is 13.2 Å². The minimum absolute atomic E-state index is 0.0485. The van der Waals surface area contributed by atoms with Gasteiger partial charge in [0.25, 0.3) is 0 Å². The zero-order valence-corrected chi connectivity index (χ0v) is 17.7. The number of nitrogens with one attached hydrogen (secondary N) is 2. The highest BCUT2D eigenvalue weighted by Gasteiger charge is 2.33. The number of alkyl halides is 3. The first kappa shape index (κ1) is 23.1. The van der Waals surface area contributed by atoms with Crippen molar-refractivity contribution in [1.82, 2.24) is 0 Å². The number of urea groups is 1. The molecule has 0 unspecified atom stereocenters. The molecule has 0 fully saturated rings. The number of carbonyl (C=O) groups is 1. The molecule has 10 heteroatoms. The van der Waals surface area contributed by atoms with E-state index in [0.29, 0.717) is 28.7 Å². The van der Waals surface area contributed by atoms with Crippen LogP contribution in [0.15, 0.2) is 60.7 Å². The van der Waals surface area contributed by atoms with Crippen molar-refractivity contribution in [2.45, 2.75) is 6.18 Å². The number of hydrogen-bond acceptors (Lipinski definition) is 4. The number of ether oxygens (including phenoxy) is 3. The van der Waals surface area contributed by atoms with Gasteiger partial charge in [-0.15, -0.1) is 0 Å². The standard InChI is InChI=1S/C22H18ClF3N2O4/c1-30-19-10-8-16(12-20(19)31-2)32-15-6-3-13(4-7-15)27-21(29)28-14-5-9-18(23)17(11-14)22(24,25)26/h3-12H,1-2H3,(H2,27,28,29). The summed E-state index contributed by atoms with van der Waals surface area (Å²) in [5, 5.41) is 4.42. The van der Waals surface area contributed by atoms with Crippen molar-refractivity contribution < 1.29 is 32.2 Å². The van der Waals surface area contributed by atoms with E-state index in [-0.39, 0.29) is 5.69 Å². The first-order valence-electron chi connectivity index (χ1n) is 9.14. The van der Waals surface area contributed by atoms with E-state index in [9.17, 15) is 18.0 Å². The molecule has 3 aromatic carbocycles. The maximum absolute atomic E-state index is 12.9. The number of methoxy groups -OCH3 is 2. The molecule has 0 radical (unpaired) electrons. The van der Waals surface area contributed by atoms with Crippen molar-refractivity contribution in [3.63, 3.8) is 0 Å². The first-order valence-corrected chi connectivity index (χ1v) is 9.52. The summed E-state index contributed by atoms with van der Waals surface area (Å²) in [6.45, 7) is 0. The minimum atomic E-state index is -4.63. The number of anilines is 2. The molecular formula is C22H18ClF3N2O4. The molecule has 0 aliphatic rings. The van der Waals surface area contributed by atoms with Crippen LogP contribution in [0.5, 0.6) is 23.0 Å². The zero-order chi connectivity index (χ0) is 23.3. The van der Waals surface area contributed by atoms with Crippen LogP contribution in [0.2, 0.25) is 5.02 Å². The van der Waals surface area contributed by atoms with Crippen molar-refractivity contribution in [2.24, 2.45) is 0 Å². The third-order valence-electron chi connectivity index (χ3n) is 4.23. The third-order valence-corrected chi connectivity index (χ3v) is 4.56. The van der Waals surface area contributed by atoms with Crippen LogP contribution in [-0.4, -0.2) is 20.3 Å². The van der Waals surface area contributed by atoms with Crippen molar-refractivity contribution in [1.29, 1.82) is 0 Å². The van der Waals surface area contributed by atoms with Crippen LogP contribution in [0.1, 0.15) is 5.56 Å². The van der Waals surface area contributed by atoms with E-state index in [1.54, 1.807) is 42.5 Å². The van der Waals surface area contributed by atoms with Crippen molar-refractivity contribution >= 4 is 29.0 Å². The van der Waals surface area contributed by atoms with Crippen LogP contribution < -0.4 is 24.8 Å². The monoisotopic (exact) mass is 466 g/mol. The number of carbonyl (C=O) groups excluding carboxylic acids is 1. The average molecular weight is 467 g/mol. The summed E-state index contributed by atoms with van der Waals surface area (Å²) in [5.41, 5.74) is -0.673. The Morgan fingerprint density at radius 3 is 2.03 bits per heavy atom. The maximum Gasteiger partial charge on any atom is 0.417 e. The van der Waals surface area contributed by atoms with Crippen LogP contribution in [0, 0.1) is 0 Å². The van der Waals surface area contributed by atoms with Gasteiger partial charge in [0.2, 0.25) is 0 Å². The Hall–Kier alpha value is -3.59. The molecule has 0 spiro atoms. The molecule has 3 aromatic rings. The number of amides is 2. The van der Waals surface area contributed by atoms with E-state index in [1.807, 2.05) is 0 Å². The molecule has 0 aromatic heterocycles. The summed E-state index contributed by atoms with van der Waals surface area (Å²) >= 11 is 5.58. The molecule has 0 aliphatic carbocycles. The van der Waals surface area contributed by atoms with E-state index in [4.69, 9.17) is 25.8 Å². The number of rotatable bonds is 6. The third kappa shape index (κ3) is 5.76. The first-order chi connectivity index (χ1) is 15.2. The smallest absolute Gasteiger partial charge is 0.417 e. The van der Waals surface area contributed by atoms with Crippen molar-refractivity contribution in [3.05, 3.63) is 71.2 Å². The summed E-state index contributed by atoms with van der Waals surface area (Å²) in [6.07, 6.45) is -4.63. The summed E-state index contributed by atoms with van der Waals surface area (Å²) in [6, 6.07) is 13.9. The van der Waals surface area contributed by atoms with Crippen molar-refractivity contribution in [3.8, 4) is 23.0 Å². The Bertz CT molecular complexity index is 1110. The highest BCUT2D eigenvalue weighted by molar-refractivity contribution is 6.31. The van der Waals surface area contributed by atoms with Gasteiger partial charge < -0.3 is 24.8 Å². The Kier molecular flexibility index (Phi) is 6.99. The van der Waals surface area contributed by atoms with Crippen LogP contribution in [0.3, 0.4) is 0 Å². The molecule has 32 heavy (non-hydrogen) atoms. The van der Waals surface area contributed by atoms with Gasteiger partial charge in [0.15, 0.2) is 11.5 Å². The van der Waals surface area contributed by atoms with E-state index in [2.05, 4.69) is 10.6 Å². The number of benzene rings is 3. The van der Waals surface area contributed by atoms with E-state index in [1.165, 1.54) is 20.3 Å². The quantitative estimate of drug-likeness (QED) is 0.418. The van der Waals surface area contributed by atoms with Crippen LogP contribution >= 0.6 is 11.6 Å². The fraction of sp³-hybridized carbons (Fsp3) is 0.136. The summed E-state index contributed by atoms with van der Waals surface area (Å²) in [4.78, 5) is 12.1. The molecule has 3 rings (SSSR count). The molecule has 0 saturated carbocycles. The highest BCUT2D eigenvalue weighted by Crippen LogP contribution is 2.36. The molecule has 2 N–H and O–H groups in total. The van der Waals surface area contributed by atoms with Crippen molar-refractivity contribution in [2.75, 3.05) is 24.9 Å². The van der Waals surface area contributed by atoms with Gasteiger partial charge in [-0.05, 0) is 54.6 Å². The van der Waals surface area contributed by atoms with Gasteiger partial charge in [-0.1, -0.05) is 11.6 Å². The summed E-state index contributed by atoms with van der Waals surface area (Å²) in [7, 11) is 3.05. The van der Waals surface area contributed by atoms with Gasteiger partial charge in [0.1, 0.15) is 11.5 Å². The maximum atomic E-state index is 12.9. The lowest BCUT2D eigenvalue weighted by atomic mass is 10.2. The highest BCUT2D eigenvalue weighted by atomic mass is 35.5. The average Bonchev–Trinajstić information content (AvgIpc) is 2.75. The van der Waals surface area contributed by atoms with Gasteiger partial charge in [0, 0.05) is 17.4 Å². The molecule has 0 bridgehead atoms. The summed E-state index contributed by atoms with van der Waals surface area (Å²) in [5.74, 6) is 2.09. The normalized spacial score (nSPS) is 10.9. The lowest BCUT2D eigenvalue weighted by molar-refractivity contribution is -0.137. The molecule has 0 atom stereocenters. The number of halogens is 4.